The smallest absolute Gasteiger partial charge is 0.142 e. The molecular weight excluding hydrogens is 218 g/mol. The van der Waals surface area contributed by atoms with Crippen LogP contribution in [0.3, 0.4) is 0 Å². The number of nitrogen functional groups attached to an aromatic ring is 1. The van der Waals surface area contributed by atoms with E-state index in [1.807, 2.05) is 6.92 Å². The molecule has 0 aliphatic heterocycles. The van der Waals surface area contributed by atoms with Crippen LogP contribution >= 0.6 is 11.5 Å². The number of nitrogens with one attached hydrogen (secondary N) is 1. The summed E-state index contributed by atoms with van der Waals surface area (Å²) < 4.78 is 4.19. The molecule has 1 aliphatic rings. The van der Waals surface area contributed by atoms with Crippen molar-refractivity contribution in [3.8, 4) is 0 Å². The van der Waals surface area contributed by atoms with Crippen LogP contribution in [0.1, 0.15) is 44.6 Å². The molecule has 3 nitrogen and oxygen atoms in total. The molecule has 16 heavy (non-hydrogen) atoms. The monoisotopic (exact) mass is 239 g/mol. The molecule has 0 aromatic carbocycles. The Bertz CT molecular complexity index is 348. The van der Waals surface area contributed by atoms with Crippen molar-refractivity contribution in [2.45, 2.75) is 52.0 Å². The zero-order chi connectivity index (χ0) is 11.5. The molecule has 2 unspecified atom stereocenters. The second kappa shape index (κ2) is 5.04. The summed E-state index contributed by atoms with van der Waals surface area (Å²) in [5.41, 5.74) is 6.88. The summed E-state index contributed by atoms with van der Waals surface area (Å²) in [5, 5.41) is 4.80. The zero-order valence-electron chi connectivity index (χ0n) is 10.1. The molecule has 0 spiro atoms. The molecule has 90 valence electrons. The van der Waals surface area contributed by atoms with Crippen LogP contribution in [-0.2, 0) is 0 Å². The third-order valence-electron chi connectivity index (χ3n) is 3.64. The van der Waals surface area contributed by atoms with Crippen LogP contribution in [0, 0.1) is 12.8 Å². The van der Waals surface area contributed by atoms with Crippen molar-refractivity contribution in [1.82, 2.24) is 4.37 Å². The molecule has 1 saturated carbocycles. The fraction of sp³-hybridized carbons (Fsp3) is 0.750. The summed E-state index contributed by atoms with van der Waals surface area (Å²) >= 11 is 1.49. The summed E-state index contributed by atoms with van der Waals surface area (Å²) in [5.74, 6) is 1.43. The van der Waals surface area contributed by atoms with E-state index in [2.05, 4.69) is 16.6 Å². The molecular formula is C12H21N3S. The number of aromatic nitrogens is 1. The van der Waals surface area contributed by atoms with Gasteiger partial charge in [-0.05, 0) is 37.2 Å². The van der Waals surface area contributed by atoms with Gasteiger partial charge in [-0.2, -0.15) is 4.37 Å². The van der Waals surface area contributed by atoms with E-state index in [4.69, 9.17) is 5.73 Å². The number of nitrogens with zero attached hydrogens (tertiary/aromatic N) is 1. The second-order valence-corrected chi connectivity index (χ2v) is 5.66. The topological polar surface area (TPSA) is 50.9 Å². The van der Waals surface area contributed by atoms with Crippen LogP contribution in [0.2, 0.25) is 0 Å². The maximum Gasteiger partial charge on any atom is 0.142 e. The van der Waals surface area contributed by atoms with Gasteiger partial charge in [0.25, 0.3) is 0 Å². The molecule has 0 bridgehead atoms. The fourth-order valence-corrected chi connectivity index (χ4v) is 3.13. The SMILES string of the molecule is Cc1c(N)nsc1NC1CCCCCC1C. The first-order valence-electron chi connectivity index (χ1n) is 6.16. The van der Waals surface area contributed by atoms with E-state index in [0.29, 0.717) is 11.9 Å². The van der Waals surface area contributed by atoms with Crippen LogP contribution in [0.5, 0.6) is 0 Å². The summed E-state index contributed by atoms with van der Waals surface area (Å²) in [6.45, 7) is 4.39. The van der Waals surface area contributed by atoms with Crippen LogP contribution in [0.15, 0.2) is 0 Å². The van der Waals surface area contributed by atoms with Crippen molar-refractivity contribution in [2.24, 2.45) is 5.92 Å². The average Bonchev–Trinajstić information content (AvgIpc) is 2.48. The van der Waals surface area contributed by atoms with E-state index in [1.165, 1.54) is 43.6 Å². The molecule has 0 radical (unpaired) electrons. The molecule has 0 amide bonds. The standard InChI is InChI=1S/C12H21N3S/c1-8-6-4-3-5-7-10(8)14-12-9(2)11(13)15-16-12/h8,10,14H,3-7H2,1-2H3,(H2,13,15). The zero-order valence-corrected chi connectivity index (χ0v) is 10.9. The number of anilines is 2. The van der Waals surface area contributed by atoms with Gasteiger partial charge >= 0.3 is 0 Å². The minimum atomic E-state index is 0.598. The quantitative estimate of drug-likeness (QED) is 0.778. The van der Waals surface area contributed by atoms with Crippen molar-refractivity contribution < 1.29 is 0 Å². The summed E-state index contributed by atoms with van der Waals surface area (Å²) in [4.78, 5) is 0. The normalized spacial score (nSPS) is 26.4. The van der Waals surface area contributed by atoms with Gasteiger partial charge in [0, 0.05) is 11.6 Å². The number of nitrogens with two attached hydrogens (primary N) is 1. The molecule has 3 N–H and O–H groups in total. The third kappa shape index (κ3) is 2.48. The lowest BCUT2D eigenvalue weighted by atomic mass is 9.97. The van der Waals surface area contributed by atoms with E-state index >= 15 is 0 Å². The third-order valence-corrected chi connectivity index (χ3v) is 4.53. The van der Waals surface area contributed by atoms with Crippen molar-refractivity contribution in [3.63, 3.8) is 0 Å². The Morgan fingerprint density at radius 1 is 1.31 bits per heavy atom. The summed E-state index contributed by atoms with van der Waals surface area (Å²) in [6, 6.07) is 0.598. The highest BCUT2D eigenvalue weighted by molar-refractivity contribution is 7.10. The van der Waals surface area contributed by atoms with Gasteiger partial charge in [0.1, 0.15) is 10.8 Å². The highest BCUT2D eigenvalue weighted by Crippen LogP contribution is 2.31. The maximum atomic E-state index is 5.77. The molecule has 4 heteroatoms. The predicted molar refractivity (Wildman–Crippen MR) is 70.9 cm³/mol. The van der Waals surface area contributed by atoms with Crippen molar-refractivity contribution in [1.29, 1.82) is 0 Å². The highest BCUT2D eigenvalue weighted by Gasteiger charge is 2.21. The number of hydrogen-bond donors (Lipinski definition) is 2. The number of hydrogen-bond acceptors (Lipinski definition) is 4. The van der Waals surface area contributed by atoms with Gasteiger partial charge in [-0.1, -0.05) is 26.2 Å². The van der Waals surface area contributed by atoms with Gasteiger partial charge in [0.2, 0.25) is 0 Å². The first-order chi connectivity index (χ1) is 7.68. The second-order valence-electron chi connectivity index (χ2n) is 4.89. The van der Waals surface area contributed by atoms with Gasteiger partial charge in [0.05, 0.1) is 0 Å². The molecule has 0 saturated heterocycles. The van der Waals surface area contributed by atoms with Crippen LogP contribution in [0.25, 0.3) is 0 Å². The largest absolute Gasteiger partial charge is 0.383 e. The van der Waals surface area contributed by atoms with E-state index in [1.54, 1.807) is 0 Å². The first kappa shape index (κ1) is 11.7. The maximum absolute atomic E-state index is 5.77. The van der Waals surface area contributed by atoms with Crippen LogP contribution in [-0.4, -0.2) is 10.4 Å². The lowest BCUT2D eigenvalue weighted by molar-refractivity contribution is 0.457. The van der Waals surface area contributed by atoms with Gasteiger partial charge in [0.15, 0.2) is 0 Å². The van der Waals surface area contributed by atoms with E-state index < -0.39 is 0 Å². The Morgan fingerprint density at radius 2 is 2.06 bits per heavy atom. The molecule has 1 aromatic rings. The molecule has 2 rings (SSSR count). The predicted octanol–water partition coefficient (Wildman–Crippen LogP) is 3.41. The van der Waals surface area contributed by atoms with E-state index in [9.17, 15) is 0 Å². The van der Waals surface area contributed by atoms with Gasteiger partial charge in [-0.3, -0.25) is 0 Å². The summed E-state index contributed by atoms with van der Waals surface area (Å²) in [6.07, 6.45) is 6.72. The Labute approximate surface area is 102 Å². The Hall–Kier alpha value is -0.770. The molecule has 1 aromatic heterocycles. The lowest BCUT2D eigenvalue weighted by Gasteiger charge is -2.23. The molecule has 1 aliphatic carbocycles. The van der Waals surface area contributed by atoms with E-state index in [-0.39, 0.29) is 0 Å². The fourth-order valence-electron chi connectivity index (χ4n) is 2.36. The lowest BCUT2D eigenvalue weighted by Crippen LogP contribution is -2.26. The minimum absolute atomic E-state index is 0.598. The minimum Gasteiger partial charge on any atom is -0.383 e. The molecule has 1 fully saturated rings. The van der Waals surface area contributed by atoms with Gasteiger partial charge in [-0.25, -0.2) is 0 Å². The highest BCUT2D eigenvalue weighted by atomic mass is 32.1. The van der Waals surface area contributed by atoms with Gasteiger partial charge < -0.3 is 11.1 Å². The number of rotatable bonds is 2. The Morgan fingerprint density at radius 3 is 2.75 bits per heavy atom. The van der Waals surface area contributed by atoms with Crippen molar-refractivity contribution in [3.05, 3.63) is 5.56 Å². The Balaban J connectivity index is 2.05. The first-order valence-corrected chi connectivity index (χ1v) is 6.94. The van der Waals surface area contributed by atoms with E-state index in [0.717, 1.165) is 16.5 Å². The van der Waals surface area contributed by atoms with Gasteiger partial charge in [-0.15, -0.1) is 0 Å². The molecule has 1 heterocycles. The van der Waals surface area contributed by atoms with Crippen molar-refractivity contribution >= 4 is 22.4 Å². The van der Waals surface area contributed by atoms with Crippen LogP contribution in [0.4, 0.5) is 10.8 Å². The average molecular weight is 239 g/mol. The Kier molecular flexibility index (Phi) is 3.69. The van der Waals surface area contributed by atoms with Crippen LogP contribution < -0.4 is 11.1 Å². The molecule has 2 atom stereocenters. The summed E-state index contributed by atoms with van der Waals surface area (Å²) in [7, 11) is 0. The van der Waals surface area contributed by atoms with Crippen molar-refractivity contribution in [2.75, 3.05) is 11.1 Å².